The summed E-state index contributed by atoms with van der Waals surface area (Å²) in [6, 6.07) is 15.2. The van der Waals surface area contributed by atoms with Crippen LogP contribution in [0.1, 0.15) is 61.0 Å². The largest absolute Gasteiger partial charge is 0.338 e. The Morgan fingerprint density at radius 1 is 1.03 bits per heavy atom. The van der Waals surface area contributed by atoms with Gasteiger partial charge in [0.05, 0.1) is 0 Å². The van der Waals surface area contributed by atoms with Gasteiger partial charge >= 0.3 is 0 Å². The number of nitrogens with one attached hydrogen (secondary N) is 1. The maximum atomic E-state index is 12.4. The zero-order valence-electron chi connectivity index (χ0n) is 17.8. The molecule has 1 N–H and O–H groups in total. The van der Waals surface area contributed by atoms with Crippen molar-refractivity contribution >= 4 is 23.3 Å². The minimum atomic E-state index is -0.186. The van der Waals surface area contributed by atoms with Gasteiger partial charge in [0.2, 0.25) is 11.8 Å². The van der Waals surface area contributed by atoms with Gasteiger partial charge in [0.25, 0.3) is 0 Å². The number of likely N-dealkylation sites (tertiary alicyclic amines) is 1. The number of hydrogen-bond acceptors (Lipinski definition) is 3. The minimum Gasteiger partial charge on any atom is -0.338 e. The van der Waals surface area contributed by atoms with E-state index >= 15 is 0 Å². The summed E-state index contributed by atoms with van der Waals surface area (Å²) in [5.74, 6) is 0.543. The number of amides is 2. The molecule has 30 heavy (non-hydrogen) atoms. The van der Waals surface area contributed by atoms with Crippen LogP contribution >= 0.6 is 0 Å². The van der Waals surface area contributed by atoms with Crippen LogP contribution in [0.25, 0.3) is 0 Å². The number of anilines is 1. The lowest BCUT2D eigenvalue weighted by atomic mass is 9.99. The maximum Gasteiger partial charge on any atom is 0.224 e. The third-order valence-corrected chi connectivity index (χ3v) is 5.25. The van der Waals surface area contributed by atoms with E-state index in [0.717, 1.165) is 24.9 Å². The average molecular weight is 407 g/mol. The van der Waals surface area contributed by atoms with Crippen LogP contribution in [0, 0.1) is 5.92 Å². The molecular formula is C25H30N2O3. The van der Waals surface area contributed by atoms with Crippen LogP contribution in [0.4, 0.5) is 5.69 Å². The highest BCUT2D eigenvalue weighted by Gasteiger charge is 2.20. The van der Waals surface area contributed by atoms with Crippen molar-refractivity contribution in [2.24, 2.45) is 5.92 Å². The predicted octanol–water partition coefficient (Wildman–Crippen LogP) is 4.61. The van der Waals surface area contributed by atoms with Crippen molar-refractivity contribution in [2.75, 3.05) is 11.9 Å². The van der Waals surface area contributed by atoms with E-state index in [1.165, 1.54) is 5.56 Å². The van der Waals surface area contributed by atoms with E-state index in [1.54, 1.807) is 0 Å². The molecule has 2 aromatic rings. The lowest BCUT2D eigenvalue weighted by molar-refractivity contribution is -0.128. The fraction of sp³-hybridized carbons (Fsp3) is 0.400. The Labute approximate surface area is 178 Å². The normalized spacial score (nSPS) is 13.7. The van der Waals surface area contributed by atoms with Gasteiger partial charge in [0.15, 0.2) is 5.78 Å². The van der Waals surface area contributed by atoms with Crippen molar-refractivity contribution in [2.45, 2.75) is 52.5 Å². The molecule has 0 bridgehead atoms. The number of carbonyl (C=O) groups excluding carboxylic acids is 3. The van der Waals surface area contributed by atoms with Crippen LogP contribution in [0.5, 0.6) is 0 Å². The standard InChI is InChI=1S/C25H30N2O3/c1-18(2)15-19-8-10-21(11-9-19)23(28)12-13-24(29)26-22-6-3-5-20(16-22)17-27-14-4-7-25(27)30/h3,5-6,8-11,16,18H,4,7,12-15,17H2,1-2H3,(H,26,29). The molecule has 1 aliphatic heterocycles. The van der Waals surface area contributed by atoms with Gasteiger partial charge in [0.1, 0.15) is 0 Å². The molecule has 0 atom stereocenters. The van der Waals surface area contributed by atoms with E-state index in [-0.39, 0.29) is 30.4 Å². The third kappa shape index (κ3) is 6.28. The Balaban J connectivity index is 1.49. The summed E-state index contributed by atoms with van der Waals surface area (Å²) in [6.07, 6.45) is 2.83. The van der Waals surface area contributed by atoms with E-state index in [4.69, 9.17) is 0 Å². The topological polar surface area (TPSA) is 66.5 Å². The molecule has 0 spiro atoms. The Morgan fingerprint density at radius 3 is 2.47 bits per heavy atom. The molecule has 0 unspecified atom stereocenters. The zero-order chi connectivity index (χ0) is 21.5. The molecule has 1 saturated heterocycles. The number of hydrogen-bond donors (Lipinski definition) is 1. The summed E-state index contributed by atoms with van der Waals surface area (Å²) in [7, 11) is 0. The summed E-state index contributed by atoms with van der Waals surface area (Å²) < 4.78 is 0. The van der Waals surface area contributed by atoms with Crippen molar-refractivity contribution in [3.63, 3.8) is 0 Å². The molecule has 3 rings (SSSR count). The number of carbonyl (C=O) groups is 3. The number of ketones is 1. The average Bonchev–Trinajstić information content (AvgIpc) is 3.11. The van der Waals surface area contributed by atoms with Gasteiger partial charge in [-0.1, -0.05) is 50.2 Å². The molecule has 0 radical (unpaired) electrons. The Kier molecular flexibility index (Phi) is 7.39. The Bertz CT molecular complexity index is 903. The van der Waals surface area contributed by atoms with Gasteiger partial charge < -0.3 is 10.2 Å². The highest BCUT2D eigenvalue weighted by Crippen LogP contribution is 2.18. The first kappa shape index (κ1) is 21.8. The molecule has 2 aromatic carbocycles. The van der Waals surface area contributed by atoms with Crippen molar-refractivity contribution in [1.82, 2.24) is 4.90 Å². The highest BCUT2D eigenvalue weighted by atomic mass is 16.2. The van der Waals surface area contributed by atoms with E-state index in [1.807, 2.05) is 53.4 Å². The molecule has 0 aliphatic carbocycles. The van der Waals surface area contributed by atoms with Gasteiger partial charge in [-0.15, -0.1) is 0 Å². The smallest absolute Gasteiger partial charge is 0.224 e. The second kappa shape index (κ2) is 10.2. The van der Waals surface area contributed by atoms with E-state index in [0.29, 0.717) is 30.1 Å². The Hall–Kier alpha value is -2.95. The lowest BCUT2D eigenvalue weighted by Gasteiger charge is -2.16. The van der Waals surface area contributed by atoms with Crippen LogP contribution in [-0.4, -0.2) is 29.0 Å². The first-order chi connectivity index (χ1) is 14.4. The first-order valence-electron chi connectivity index (χ1n) is 10.7. The SMILES string of the molecule is CC(C)Cc1ccc(C(=O)CCC(=O)Nc2cccc(CN3CCCC3=O)c2)cc1. The van der Waals surface area contributed by atoms with E-state index in [2.05, 4.69) is 19.2 Å². The fourth-order valence-electron chi connectivity index (χ4n) is 3.73. The summed E-state index contributed by atoms with van der Waals surface area (Å²) in [6.45, 7) is 5.68. The molecule has 0 saturated carbocycles. The second-order valence-corrected chi connectivity index (χ2v) is 8.39. The van der Waals surface area contributed by atoms with Crippen LogP contribution in [0.15, 0.2) is 48.5 Å². The van der Waals surface area contributed by atoms with Gasteiger partial charge in [-0.25, -0.2) is 0 Å². The molecule has 2 amide bonds. The molecule has 158 valence electrons. The van der Waals surface area contributed by atoms with Crippen molar-refractivity contribution < 1.29 is 14.4 Å². The third-order valence-electron chi connectivity index (χ3n) is 5.25. The van der Waals surface area contributed by atoms with Crippen molar-refractivity contribution in [3.8, 4) is 0 Å². The zero-order valence-corrected chi connectivity index (χ0v) is 17.8. The van der Waals surface area contributed by atoms with Crippen LogP contribution in [0.2, 0.25) is 0 Å². The number of benzene rings is 2. The Morgan fingerprint density at radius 2 is 1.80 bits per heavy atom. The molecule has 5 nitrogen and oxygen atoms in total. The van der Waals surface area contributed by atoms with Gasteiger partial charge in [0, 0.05) is 43.6 Å². The van der Waals surface area contributed by atoms with Gasteiger partial charge in [-0.2, -0.15) is 0 Å². The van der Waals surface area contributed by atoms with Crippen molar-refractivity contribution in [3.05, 3.63) is 65.2 Å². The fourth-order valence-corrected chi connectivity index (χ4v) is 3.73. The summed E-state index contributed by atoms with van der Waals surface area (Å²) in [5.41, 5.74) is 3.54. The van der Waals surface area contributed by atoms with Gasteiger partial charge in [-0.05, 0) is 42.0 Å². The summed E-state index contributed by atoms with van der Waals surface area (Å²) >= 11 is 0. The molecule has 0 aromatic heterocycles. The van der Waals surface area contributed by atoms with E-state index < -0.39 is 0 Å². The molecule has 1 fully saturated rings. The van der Waals surface area contributed by atoms with Crippen molar-refractivity contribution in [1.29, 1.82) is 0 Å². The van der Waals surface area contributed by atoms with Crippen LogP contribution < -0.4 is 5.32 Å². The minimum absolute atomic E-state index is 0.0254. The highest BCUT2D eigenvalue weighted by molar-refractivity contribution is 6.00. The number of rotatable bonds is 9. The maximum absolute atomic E-state index is 12.4. The van der Waals surface area contributed by atoms with Crippen LogP contribution in [0.3, 0.4) is 0 Å². The predicted molar refractivity (Wildman–Crippen MR) is 118 cm³/mol. The summed E-state index contributed by atoms with van der Waals surface area (Å²) in [4.78, 5) is 38.3. The lowest BCUT2D eigenvalue weighted by Crippen LogP contribution is -2.23. The molecule has 5 heteroatoms. The molecular weight excluding hydrogens is 376 g/mol. The van der Waals surface area contributed by atoms with Gasteiger partial charge in [-0.3, -0.25) is 14.4 Å². The molecule has 1 aliphatic rings. The van der Waals surface area contributed by atoms with Crippen LogP contribution in [-0.2, 0) is 22.6 Å². The first-order valence-corrected chi connectivity index (χ1v) is 10.7. The quantitative estimate of drug-likeness (QED) is 0.619. The number of Topliss-reactive ketones (excluding diaryl/α,β-unsaturated/α-hetero) is 1. The second-order valence-electron chi connectivity index (χ2n) is 8.39. The summed E-state index contributed by atoms with van der Waals surface area (Å²) in [5, 5.41) is 2.86. The number of nitrogens with zero attached hydrogens (tertiary/aromatic N) is 1. The monoisotopic (exact) mass is 406 g/mol. The molecule has 1 heterocycles. The van der Waals surface area contributed by atoms with E-state index in [9.17, 15) is 14.4 Å².